The van der Waals surface area contributed by atoms with Crippen LogP contribution in [-0.2, 0) is 25.6 Å². The van der Waals surface area contributed by atoms with Gasteiger partial charge in [0.25, 0.3) is 5.56 Å². The topological polar surface area (TPSA) is 126 Å². The molecule has 11 heteroatoms. The molecule has 1 amide bonds. The second-order valence-electron chi connectivity index (χ2n) is 7.34. The van der Waals surface area contributed by atoms with Crippen LogP contribution >= 0.6 is 11.3 Å². The zero-order chi connectivity index (χ0) is 25.8. The van der Waals surface area contributed by atoms with Crippen molar-refractivity contribution in [2.45, 2.75) is 13.5 Å². The maximum absolute atomic E-state index is 12.8. The molecule has 35 heavy (non-hydrogen) atoms. The van der Waals surface area contributed by atoms with E-state index in [9.17, 15) is 19.6 Å². The Labute approximate surface area is 207 Å². The van der Waals surface area contributed by atoms with Crippen molar-refractivity contribution in [2.75, 3.05) is 51.1 Å². The predicted octanol–water partition coefficient (Wildman–Crippen LogP) is 0.700. The molecule has 0 spiro atoms. The first-order valence-corrected chi connectivity index (χ1v) is 11.6. The number of carbonyl (C=O) groups is 2. The molecule has 0 atom stereocenters. The molecule has 2 N–H and O–H groups in total. The van der Waals surface area contributed by atoms with Crippen LogP contribution in [0.3, 0.4) is 0 Å². The summed E-state index contributed by atoms with van der Waals surface area (Å²) in [5.41, 5.74) is 0.655. The molecular formula is C24H29N5O5S. The number of amides is 1. The van der Waals surface area contributed by atoms with Crippen LogP contribution < -0.4 is 25.4 Å². The van der Waals surface area contributed by atoms with Crippen LogP contribution in [0.15, 0.2) is 41.7 Å². The third-order valence-corrected chi connectivity index (χ3v) is 5.82. The third-order valence-electron chi connectivity index (χ3n) is 4.69. The number of carbonyl (C=O) groups excluding carboxylic acids is 2. The first kappa shape index (κ1) is 27.5. The molecule has 0 aliphatic carbocycles. The van der Waals surface area contributed by atoms with Crippen molar-refractivity contribution in [3.8, 4) is 6.07 Å². The molecule has 0 fully saturated rings. The van der Waals surface area contributed by atoms with E-state index in [4.69, 9.17) is 9.47 Å². The quantitative estimate of drug-likeness (QED) is 0.323. The Bertz CT molecular complexity index is 1270. The van der Waals surface area contributed by atoms with Crippen LogP contribution in [0.1, 0.15) is 6.92 Å². The van der Waals surface area contributed by atoms with E-state index in [1.165, 1.54) is 16.8 Å². The summed E-state index contributed by atoms with van der Waals surface area (Å²) >= 11 is 1.01. The molecule has 0 saturated heterocycles. The number of nitrogens with one attached hydrogen (secondary N) is 2. The van der Waals surface area contributed by atoms with Gasteiger partial charge in [0.05, 0.1) is 13.2 Å². The molecule has 0 unspecified atom stereocenters. The van der Waals surface area contributed by atoms with Crippen molar-refractivity contribution in [3.63, 3.8) is 0 Å². The minimum Gasteiger partial charge on any atom is -0.457 e. The highest BCUT2D eigenvalue weighted by Crippen LogP contribution is 2.15. The second-order valence-corrected chi connectivity index (χ2v) is 8.37. The van der Waals surface area contributed by atoms with Crippen LogP contribution in [0.5, 0.6) is 0 Å². The highest BCUT2D eigenvalue weighted by atomic mass is 32.1. The maximum Gasteiger partial charge on any atom is 0.352 e. The van der Waals surface area contributed by atoms with Crippen molar-refractivity contribution < 1.29 is 19.1 Å². The number of thiazole rings is 1. The Morgan fingerprint density at radius 3 is 2.74 bits per heavy atom. The van der Waals surface area contributed by atoms with Gasteiger partial charge >= 0.3 is 5.97 Å². The van der Waals surface area contributed by atoms with Gasteiger partial charge in [-0.1, -0.05) is 18.7 Å². The number of hydrogen-bond donors (Lipinski definition) is 2. The summed E-state index contributed by atoms with van der Waals surface area (Å²) in [5.74, 6) is -0.979. The SMILES string of the molecule is C=CCOC(=O)/C(C#N)=c1\s/c(=C/Nc2cccc(NC(=O)CN(C)CCOC)c2)c(=O)n1CC. The van der Waals surface area contributed by atoms with E-state index in [1.54, 1.807) is 38.3 Å². The van der Waals surface area contributed by atoms with Crippen LogP contribution in [-0.4, -0.2) is 61.8 Å². The summed E-state index contributed by atoms with van der Waals surface area (Å²) in [6.07, 6.45) is 2.90. The summed E-state index contributed by atoms with van der Waals surface area (Å²) < 4.78 is 11.9. The summed E-state index contributed by atoms with van der Waals surface area (Å²) in [6.45, 7) is 6.85. The van der Waals surface area contributed by atoms with Crippen molar-refractivity contribution in [2.24, 2.45) is 0 Å². The third kappa shape index (κ3) is 7.92. The molecule has 0 aliphatic heterocycles. The zero-order valence-corrected chi connectivity index (χ0v) is 20.8. The highest BCUT2D eigenvalue weighted by molar-refractivity contribution is 7.07. The monoisotopic (exact) mass is 499 g/mol. The van der Waals surface area contributed by atoms with Gasteiger partial charge in [-0.15, -0.1) is 11.3 Å². The lowest BCUT2D eigenvalue weighted by Gasteiger charge is -2.15. The lowest BCUT2D eigenvalue weighted by molar-refractivity contribution is -0.135. The van der Waals surface area contributed by atoms with Gasteiger partial charge in [0, 0.05) is 37.8 Å². The second kappa shape index (κ2) is 13.9. The molecule has 1 heterocycles. The van der Waals surface area contributed by atoms with E-state index >= 15 is 0 Å². The molecule has 186 valence electrons. The van der Waals surface area contributed by atoms with Crippen LogP contribution in [0.2, 0.25) is 0 Å². The highest BCUT2D eigenvalue weighted by Gasteiger charge is 2.16. The van der Waals surface area contributed by atoms with E-state index in [1.807, 2.05) is 18.0 Å². The average Bonchev–Trinajstić information content (AvgIpc) is 3.15. The summed E-state index contributed by atoms with van der Waals surface area (Å²) in [5, 5.41) is 15.4. The molecule has 0 bridgehead atoms. The fourth-order valence-electron chi connectivity index (χ4n) is 2.99. The number of esters is 1. The molecular weight excluding hydrogens is 470 g/mol. The van der Waals surface area contributed by atoms with Gasteiger partial charge < -0.3 is 20.1 Å². The molecule has 1 aromatic carbocycles. The number of anilines is 2. The Morgan fingerprint density at radius 1 is 1.34 bits per heavy atom. The van der Waals surface area contributed by atoms with Gasteiger partial charge in [-0.25, -0.2) is 4.79 Å². The molecule has 2 aromatic rings. The number of likely N-dealkylation sites (N-methyl/N-ethyl adjacent to an activating group) is 1. The van der Waals surface area contributed by atoms with Gasteiger partial charge in [0.1, 0.15) is 21.9 Å². The van der Waals surface area contributed by atoms with Crippen molar-refractivity contribution >= 4 is 46.4 Å². The Morgan fingerprint density at radius 2 is 2.09 bits per heavy atom. The lowest BCUT2D eigenvalue weighted by Crippen LogP contribution is -2.32. The van der Waals surface area contributed by atoms with E-state index in [2.05, 4.69) is 17.2 Å². The van der Waals surface area contributed by atoms with Gasteiger partial charge in [0.15, 0.2) is 5.57 Å². The normalized spacial score (nSPS) is 12.1. The number of hydrogen-bond acceptors (Lipinski definition) is 9. The number of rotatable bonds is 12. The molecule has 0 aliphatic rings. The van der Waals surface area contributed by atoms with Crippen LogP contribution in [0, 0.1) is 11.3 Å². The van der Waals surface area contributed by atoms with Crippen LogP contribution in [0.4, 0.5) is 11.4 Å². The first-order valence-electron chi connectivity index (χ1n) is 10.8. The molecule has 10 nitrogen and oxygen atoms in total. The number of benzene rings is 1. The van der Waals surface area contributed by atoms with Crippen molar-refractivity contribution in [3.05, 3.63) is 56.5 Å². The fourth-order valence-corrected chi connectivity index (χ4v) is 4.06. The predicted molar refractivity (Wildman–Crippen MR) is 136 cm³/mol. The Hall–Kier alpha value is -3.72. The molecule has 1 aromatic heterocycles. The Balaban J connectivity index is 2.26. The largest absolute Gasteiger partial charge is 0.457 e. The van der Waals surface area contributed by atoms with Gasteiger partial charge in [-0.2, -0.15) is 5.26 Å². The summed E-state index contributed by atoms with van der Waals surface area (Å²) in [7, 11) is 3.44. The molecule has 0 radical (unpaired) electrons. The number of nitriles is 1. The number of nitrogens with zero attached hydrogens (tertiary/aromatic N) is 3. The summed E-state index contributed by atoms with van der Waals surface area (Å²) in [4.78, 5) is 39.2. The van der Waals surface area contributed by atoms with Gasteiger partial charge in [-0.3, -0.25) is 19.1 Å². The molecule has 0 saturated carbocycles. The van der Waals surface area contributed by atoms with Crippen molar-refractivity contribution in [1.29, 1.82) is 5.26 Å². The van der Waals surface area contributed by atoms with Crippen molar-refractivity contribution in [1.82, 2.24) is 9.47 Å². The van der Waals surface area contributed by atoms with Crippen LogP contribution in [0.25, 0.3) is 11.8 Å². The number of ether oxygens (including phenoxy) is 2. The van der Waals surface area contributed by atoms with E-state index < -0.39 is 5.97 Å². The van der Waals surface area contributed by atoms with E-state index in [0.717, 1.165) is 11.3 Å². The Kier molecular flexibility index (Phi) is 10.9. The maximum atomic E-state index is 12.8. The standard InChI is InChI=1S/C24H29N5O5S/c1-5-11-34-24(32)19(14-25)23-29(6-2)22(31)20(35-23)15-26-17-8-7-9-18(13-17)27-21(30)16-28(3)10-12-33-4/h5,7-9,13,15,26H,1,6,10-12,16H2,2-4H3,(H,27,30)/b20-15+,23-19-. The molecule has 2 rings (SSSR count). The summed E-state index contributed by atoms with van der Waals surface area (Å²) in [6, 6.07) is 8.88. The lowest BCUT2D eigenvalue weighted by atomic mass is 10.2. The van der Waals surface area contributed by atoms with E-state index in [0.29, 0.717) is 29.1 Å². The first-order chi connectivity index (χ1) is 16.8. The average molecular weight is 500 g/mol. The van der Waals surface area contributed by atoms with Gasteiger partial charge in [0.2, 0.25) is 5.91 Å². The van der Waals surface area contributed by atoms with Gasteiger partial charge in [-0.05, 0) is 32.2 Å². The fraction of sp³-hybridized carbons (Fsp3) is 0.333. The minimum atomic E-state index is -0.813. The smallest absolute Gasteiger partial charge is 0.352 e. The van der Waals surface area contributed by atoms with E-state index in [-0.39, 0.29) is 41.4 Å². The number of methoxy groups -OCH3 is 1. The zero-order valence-electron chi connectivity index (χ0n) is 20.0. The number of aromatic nitrogens is 1. The minimum absolute atomic E-state index is 0.0391.